The first-order valence-corrected chi connectivity index (χ1v) is 9.12. The Kier molecular flexibility index (Phi) is 16.9. The second-order valence-corrected chi connectivity index (χ2v) is 6.44. The SMILES string of the molecule is CCCCCCCCCCCCNCCCCN(C)C. The van der Waals surface area contributed by atoms with Gasteiger partial charge in [-0.05, 0) is 53.0 Å². The van der Waals surface area contributed by atoms with Gasteiger partial charge in [0.2, 0.25) is 0 Å². The first-order chi connectivity index (χ1) is 9.77. The lowest BCUT2D eigenvalue weighted by Crippen LogP contribution is -2.19. The molecule has 2 heteroatoms. The van der Waals surface area contributed by atoms with Crippen LogP contribution in [0, 0.1) is 0 Å². The van der Waals surface area contributed by atoms with E-state index in [-0.39, 0.29) is 0 Å². The Morgan fingerprint density at radius 3 is 1.55 bits per heavy atom. The smallest absolute Gasteiger partial charge is 0.00244 e. The van der Waals surface area contributed by atoms with E-state index in [1.165, 1.54) is 96.7 Å². The van der Waals surface area contributed by atoms with Crippen LogP contribution in [0.15, 0.2) is 0 Å². The lowest BCUT2D eigenvalue weighted by atomic mass is 10.1. The molecule has 0 radical (unpaired) electrons. The molecule has 0 spiro atoms. The van der Waals surface area contributed by atoms with Crippen LogP contribution in [0.3, 0.4) is 0 Å². The summed E-state index contributed by atoms with van der Waals surface area (Å²) in [6, 6.07) is 0. The highest BCUT2D eigenvalue weighted by Gasteiger charge is 1.94. The molecule has 20 heavy (non-hydrogen) atoms. The molecule has 0 aromatic heterocycles. The molecule has 0 unspecified atom stereocenters. The lowest BCUT2D eigenvalue weighted by Gasteiger charge is -2.09. The van der Waals surface area contributed by atoms with Gasteiger partial charge >= 0.3 is 0 Å². The molecule has 0 aliphatic carbocycles. The van der Waals surface area contributed by atoms with Crippen LogP contribution in [-0.2, 0) is 0 Å². The molecular weight excluding hydrogens is 244 g/mol. The van der Waals surface area contributed by atoms with Gasteiger partial charge in [0, 0.05) is 0 Å². The van der Waals surface area contributed by atoms with Gasteiger partial charge in [-0.15, -0.1) is 0 Å². The molecule has 0 saturated heterocycles. The van der Waals surface area contributed by atoms with Crippen LogP contribution in [0.2, 0.25) is 0 Å². The number of unbranched alkanes of at least 4 members (excludes halogenated alkanes) is 10. The molecule has 0 rings (SSSR count). The number of hydrogen-bond acceptors (Lipinski definition) is 2. The van der Waals surface area contributed by atoms with Gasteiger partial charge in [0.15, 0.2) is 0 Å². The average molecular weight is 285 g/mol. The van der Waals surface area contributed by atoms with E-state index in [0.29, 0.717) is 0 Å². The maximum absolute atomic E-state index is 3.57. The third kappa shape index (κ3) is 17.9. The van der Waals surface area contributed by atoms with E-state index >= 15 is 0 Å². The zero-order chi connectivity index (χ0) is 14.9. The quantitative estimate of drug-likeness (QED) is 0.408. The molecule has 0 aliphatic heterocycles. The van der Waals surface area contributed by atoms with Crippen LogP contribution in [0.25, 0.3) is 0 Å². The lowest BCUT2D eigenvalue weighted by molar-refractivity contribution is 0.391. The molecule has 2 nitrogen and oxygen atoms in total. The number of nitrogens with one attached hydrogen (secondary N) is 1. The number of hydrogen-bond donors (Lipinski definition) is 1. The van der Waals surface area contributed by atoms with Gasteiger partial charge in [-0.1, -0.05) is 64.7 Å². The largest absolute Gasteiger partial charge is 0.317 e. The molecule has 0 amide bonds. The monoisotopic (exact) mass is 284 g/mol. The second kappa shape index (κ2) is 17.0. The van der Waals surface area contributed by atoms with Gasteiger partial charge in [0.05, 0.1) is 0 Å². The van der Waals surface area contributed by atoms with Crippen molar-refractivity contribution in [2.75, 3.05) is 33.7 Å². The zero-order valence-electron chi connectivity index (χ0n) is 14.6. The van der Waals surface area contributed by atoms with Crippen molar-refractivity contribution < 1.29 is 0 Å². The summed E-state index contributed by atoms with van der Waals surface area (Å²) in [6.07, 6.45) is 16.9. The maximum Gasteiger partial charge on any atom is -0.00244 e. The molecule has 0 aliphatic rings. The van der Waals surface area contributed by atoms with Crippen molar-refractivity contribution in [3.63, 3.8) is 0 Å². The number of nitrogens with zero attached hydrogens (tertiary/aromatic N) is 1. The van der Waals surface area contributed by atoms with E-state index in [1.807, 2.05) is 0 Å². The Hall–Kier alpha value is -0.0800. The molecule has 0 aromatic rings. The highest BCUT2D eigenvalue weighted by Crippen LogP contribution is 2.10. The minimum absolute atomic E-state index is 1.20. The van der Waals surface area contributed by atoms with E-state index in [1.54, 1.807) is 0 Å². The van der Waals surface area contributed by atoms with Crippen molar-refractivity contribution >= 4 is 0 Å². The van der Waals surface area contributed by atoms with Crippen LogP contribution in [0.5, 0.6) is 0 Å². The fourth-order valence-corrected chi connectivity index (χ4v) is 2.54. The summed E-state index contributed by atoms with van der Waals surface area (Å²) >= 11 is 0. The minimum Gasteiger partial charge on any atom is -0.317 e. The van der Waals surface area contributed by atoms with Gasteiger partial charge in [-0.2, -0.15) is 0 Å². The van der Waals surface area contributed by atoms with Crippen LogP contribution in [0.4, 0.5) is 0 Å². The van der Waals surface area contributed by atoms with Crippen molar-refractivity contribution in [2.45, 2.75) is 84.0 Å². The topological polar surface area (TPSA) is 15.3 Å². The van der Waals surface area contributed by atoms with E-state index in [0.717, 1.165) is 0 Å². The van der Waals surface area contributed by atoms with E-state index in [9.17, 15) is 0 Å². The fraction of sp³-hybridized carbons (Fsp3) is 1.00. The van der Waals surface area contributed by atoms with Crippen LogP contribution < -0.4 is 5.32 Å². The molecule has 0 bridgehead atoms. The Balaban J connectivity index is 2.92. The third-order valence-corrected chi connectivity index (χ3v) is 3.92. The molecule has 0 saturated carbocycles. The van der Waals surface area contributed by atoms with Crippen LogP contribution >= 0.6 is 0 Å². The minimum atomic E-state index is 1.20. The van der Waals surface area contributed by atoms with E-state index in [2.05, 4.69) is 31.2 Å². The van der Waals surface area contributed by atoms with Crippen molar-refractivity contribution in [1.82, 2.24) is 10.2 Å². The summed E-state index contributed by atoms with van der Waals surface area (Å²) in [7, 11) is 4.30. The molecule has 0 aromatic carbocycles. The summed E-state index contributed by atoms with van der Waals surface area (Å²) in [5, 5.41) is 3.57. The molecule has 122 valence electrons. The summed E-state index contributed by atoms with van der Waals surface area (Å²) < 4.78 is 0. The van der Waals surface area contributed by atoms with Gasteiger partial charge in [-0.3, -0.25) is 0 Å². The second-order valence-electron chi connectivity index (χ2n) is 6.44. The van der Waals surface area contributed by atoms with Crippen molar-refractivity contribution in [3.05, 3.63) is 0 Å². The summed E-state index contributed by atoms with van der Waals surface area (Å²) in [4.78, 5) is 2.27. The predicted octanol–water partition coefficient (Wildman–Crippen LogP) is 4.84. The Morgan fingerprint density at radius 2 is 1.05 bits per heavy atom. The Labute approximate surface area is 128 Å². The van der Waals surface area contributed by atoms with Gasteiger partial charge in [-0.25, -0.2) is 0 Å². The van der Waals surface area contributed by atoms with E-state index < -0.39 is 0 Å². The molecule has 1 N–H and O–H groups in total. The molecule has 0 fully saturated rings. The standard InChI is InChI=1S/C18H40N2/c1-4-5-6-7-8-9-10-11-12-13-16-19-17-14-15-18-20(2)3/h19H,4-18H2,1-3H3. The summed E-state index contributed by atoms with van der Waals surface area (Å²) in [5.41, 5.74) is 0. The number of rotatable bonds is 16. The maximum atomic E-state index is 3.57. The van der Waals surface area contributed by atoms with Crippen LogP contribution in [0.1, 0.15) is 84.0 Å². The van der Waals surface area contributed by atoms with Crippen molar-refractivity contribution in [1.29, 1.82) is 0 Å². The normalized spacial score (nSPS) is 11.4. The van der Waals surface area contributed by atoms with Gasteiger partial charge in [0.25, 0.3) is 0 Å². The third-order valence-electron chi connectivity index (χ3n) is 3.92. The first-order valence-electron chi connectivity index (χ1n) is 9.12. The zero-order valence-corrected chi connectivity index (χ0v) is 14.6. The molecule has 0 atom stereocenters. The Morgan fingerprint density at radius 1 is 0.600 bits per heavy atom. The first kappa shape index (κ1) is 19.9. The Bertz CT molecular complexity index is 169. The summed E-state index contributed by atoms with van der Waals surface area (Å²) in [6.45, 7) is 5.93. The molecular formula is C18H40N2. The molecule has 0 heterocycles. The average Bonchev–Trinajstić information content (AvgIpc) is 2.43. The predicted molar refractivity (Wildman–Crippen MR) is 92.5 cm³/mol. The highest BCUT2D eigenvalue weighted by molar-refractivity contribution is 4.52. The van der Waals surface area contributed by atoms with Crippen molar-refractivity contribution in [2.24, 2.45) is 0 Å². The van der Waals surface area contributed by atoms with Crippen LogP contribution in [-0.4, -0.2) is 38.6 Å². The van der Waals surface area contributed by atoms with Gasteiger partial charge < -0.3 is 10.2 Å². The highest BCUT2D eigenvalue weighted by atomic mass is 15.0. The van der Waals surface area contributed by atoms with Gasteiger partial charge in [0.1, 0.15) is 0 Å². The van der Waals surface area contributed by atoms with E-state index in [4.69, 9.17) is 0 Å². The fourth-order valence-electron chi connectivity index (χ4n) is 2.54. The summed E-state index contributed by atoms with van der Waals surface area (Å²) in [5.74, 6) is 0. The van der Waals surface area contributed by atoms with Crippen molar-refractivity contribution in [3.8, 4) is 0 Å².